The Kier molecular flexibility index (Phi) is 7.21. The molecule has 34 heavy (non-hydrogen) atoms. The van der Waals surface area contributed by atoms with Gasteiger partial charge in [-0.05, 0) is 55.4 Å². The Balaban J connectivity index is 1.38. The molecule has 1 saturated heterocycles. The molecule has 0 radical (unpaired) electrons. The summed E-state index contributed by atoms with van der Waals surface area (Å²) in [5.41, 5.74) is -0.556. The molecule has 5 nitrogen and oxygen atoms in total. The van der Waals surface area contributed by atoms with Gasteiger partial charge in [-0.25, -0.2) is 4.39 Å². The summed E-state index contributed by atoms with van der Waals surface area (Å²) >= 11 is 0. The molecule has 1 saturated carbocycles. The van der Waals surface area contributed by atoms with Crippen molar-refractivity contribution in [2.75, 3.05) is 19.6 Å². The van der Waals surface area contributed by atoms with E-state index in [1.165, 1.54) is 5.56 Å². The Morgan fingerprint density at radius 1 is 0.971 bits per heavy atom. The Labute approximate surface area is 195 Å². The number of benzene rings is 2. The SMILES string of the molecule is O=C(NCC(=O)N(C1CCC(c2ccccc2)CC1)C1CNC1)c1ccc(F)c(C(F)(F)F)c1. The molecule has 0 atom stereocenters. The van der Waals surface area contributed by atoms with Gasteiger partial charge < -0.3 is 15.5 Å². The normalized spacial score (nSPS) is 20.9. The topological polar surface area (TPSA) is 61.4 Å². The molecule has 2 aromatic carbocycles. The molecule has 2 aromatic rings. The second kappa shape index (κ2) is 10.1. The largest absolute Gasteiger partial charge is 0.419 e. The van der Waals surface area contributed by atoms with Gasteiger partial charge in [0.1, 0.15) is 5.82 Å². The average Bonchev–Trinajstić information content (AvgIpc) is 2.80. The molecule has 0 aromatic heterocycles. The lowest BCUT2D eigenvalue weighted by molar-refractivity contribution is -0.140. The minimum Gasteiger partial charge on any atom is -0.343 e. The van der Waals surface area contributed by atoms with E-state index in [4.69, 9.17) is 0 Å². The second-order valence-corrected chi connectivity index (χ2v) is 8.90. The van der Waals surface area contributed by atoms with Crippen LogP contribution in [0.5, 0.6) is 0 Å². The van der Waals surface area contributed by atoms with Gasteiger partial charge in [0, 0.05) is 24.7 Å². The molecule has 2 fully saturated rings. The molecule has 2 N–H and O–H groups in total. The fourth-order valence-electron chi connectivity index (χ4n) is 4.82. The van der Waals surface area contributed by atoms with Gasteiger partial charge >= 0.3 is 6.18 Å². The second-order valence-electron chi connectivity index (χ2n) is 8.90. The summed E-state index contributed by atoms with van der Waals surface area (Å²) in [4.78, 5) is 27.3. The van der Waals surface area contributed by atoms with E-state index in [-0.39, 0.29) is 30.1 Å². The van der Waals surface area contributed by atoms with E-state index in [1.54, 1.807) is 0 Å². The minimum absolute atomic E-state index is 0.0327. The molecule has 2 amide bonds. The fourth-order valence-corrected chi connectivity index (χ4v) is 4.82. The predicted molar refractivity (Wildman–Crippen MR) is 119 cm³/mol. The molecule has 0 bridgehead atoms. The van der Waals surface area contributed by atoms with Gasteiger partial charge in [-0.3, -0.25) is 9.59 Å². The number of carbonyl (C=O) groups excluding carboxylic acids is 2. The maximum atomic E-state index is 13.5. The van der Waals surface area contributed by atoms with Crippen molar-refractivity contribution in [3.63, 3.8) is 0 Å². The van der Waals surface area contributed by atoms with Crippen molar-refractivity contribution >= 4 is 11.8 Å². The van der Waals surface area contributed by atoms with Crippen molar-refractivity contribution in [2.45, 2.75) is 49.9 Å². The number of alkyl halides is 3. The van der Waals surface area contributed by atoms with Crippen molar-refractivity contribution in [1.82, 2.24) is 15.5 Å². The van der Waals surface area contributed by atoms with Gasteiger partial charge in [0.05, 0.1) is 18.2 Å². The van der Waals surface area contributed by atoms with Gasteiger partial charge in [-0.2, -0.15) is 13.2 Å². The molecular weight excluding hydrogens is 450 g/mol. The van der Waals surface area contributed by atoms with Gasteiger partial charge in [-0.15, -0.1) is 0 Å². The Morgan fingerprint density at radius 3 is 2.24 bits per heavy atom. The minimum atomic E-state index is -4.91. The molecule has 0 unspecified atom stereocenters. The highest BCUT2D eigenvalue weighted by atomic mass is 19.4. The highest BCUT2D eigenvalue weighted by Gasteiger charge is 2.37. The molecular formula is C25H27F4N3O2. The summed E-state index contributed by atoms with van der Waals surface area (Å²) in [6.45, 7) is 1.02. The molecule has 0 spiro atoms. The maximum absolute atomic E-state index is 13.5. The number of amides is 2. The van der Waals surface area contributed by atoms with Crippen LogP contribution in [0.3, 0.4) is 0 Å². The summed E-state index contributed by atoms with van der Waals surface area (Å²) in [6.07, 6.45) is -1.30. The molecule has 1 heterocycles. The quantitative estimate of drug-likeness (QED) is 0.616. The fraction of sp³-hybridized carbons (Fsp3) is 0.440. The zero-order valence-electron chi connectivity index (χ0n) is 18.6. The number of rotatable bonds is 6. The van der Waals surface area contributed by atoms with Crippen molar-refractivity contribution in [2.24, 2.45) is 0 Å². The standard InChI is InChI=1S/C25H27F4N3O2/c26-22-11-8-18(12-21(22)25(27,28)29)24(34)31-15-23(33)32(20-13-30-14-20)19-9-6-17(7-10-19)16-4-2-1-3-5-16/h1-5,8,11-12,17,19-20,30H,6-7,9-10,13-15H2,(H,31,34). The summed E-state index contributed by atoms with van der Waals surface area (Å²) in [7, 11) is 0. The van der Waals surface area contributed by atoms with E-state index >= 15 is 0 Å². The van der Waals surface area contributed by atoms with Crippen LogP contribution in [0.25, 0.3) is 0 Å². The van der Waals surface area contributed by atoms with Crippen LogP contribution in [0.4, 0.5) is 17.6 Å². The Hall–Kier alpha value is -2.94. The van der Waals surface area contributed by atoms with Gasteiger partial charge in [0.25, 0.3) is 5.91 Å². The van der Waals surface area contributed by atoms with Crippen LogP contribution in [0, 0.1) is 5.82 Å². The van der Waals surface area contributed by atoms with Gasteiger partial charge in [0.15, 0.2) is 0 Å². The highest BCUT2D eigenvalue weighted by Crippen LogP contribution is 2.36. The molecule has 9 heteroatoms. The molecule has 2 aliphatic rings. The Morgan fingerprint density at radius 2 is 1.65 bits per heavy atom. The molecule has 1 aliphatic heterocycles. The van der Waals surface area contributed by atoms with Crippen LogP contribution in [-0.2, 0) is 11.0 Å². The zero-order chi connectivity index (χ0) is 24.3. The first kappa shape index (κ1) is 24.2. The van der Waals surface area contributed by atoms with Crippen molar-refractivity contribution in [3.8, 4) is 0 Å². The third-order valence-electron chi connectivity index (χ3n) is 6.74. The van der Waals surface area contributed by atoms with Crippen molar-refractivity contribution < 1.29 is 27.2 Å². The summed E-state index contributed by atoms with van der Waals surface area (Å²) < 4.78 is 52.4. The molecule has 4 rings (SSSR count). The lowest BCUT2D eigenvalue weighted by atomic mass is 9.80. The van der Waals surface area contributed by atoms with E-state index in [0.29, 0.717) is 31.1 Å². The number of nitrogens with one attached hydrogen (secondary N) is 2. The maximum Gasteiger partial charge on any atom is 0.419 e. The van der Waals surface area contributed by atoms with Crippen LogP contribution in [0.1, 0.15) is 53.1 Å². The number of hydrogen-bond acceptors (Lipinski definition) is 3. The van der Waals surface area contributed by atoms with Crippen LogP contribution in [0.15, 0.2) is 48.5 Å². The van der Waals surface area contributed by atoms with Crippen LogP contribution in [0.2, 0.25) is 0 Å². The van der Waals surface area contributed by atoms with E-state index in [9.17, 15) is 27.2 Å². The van der Waals surface area contributed by atoms with Crippen molar-refractivity contribution in [1.29, 1.82) is 0 Å². The van der Waals surface area contributed by atoms with Gasteiger partial charge in [0.2, 0.25) is 5.91 Å². The summed E-state index contributed by atoms with van der Waals surface area (Å²) in [6, 6.07) is 12.4. The third-order valence-corrected chi connectivity index (χ3v) is 6.74. The summed E-state index contributed by atoms with van der Waals surface area (Å²) in [5, 5.41) is 5.58. The zero-order valence-corrected chi connectivity index (χ0v) is 18.6. The molecule has 182 valence electrons. The lowest BCUT2D eigenvalue weighted by Gasteiger charge is -2.45. The van der Waals surface area contributed by atoms with Crippen LogP contribution in [-0.4, -0.2) is 48.4 Å². The monoisotopic (exact) mass is 477 g/mol. The number of halogens is 4. The van der Waals surface area contributed by atoms with Crippen molar-refractivity contribution in [3.05, 3.63) is 71.0 Å². The number of hydrogen-bond donors (Lipinski definition) is 2. The first-order valence-corrected chi connectivity index (χ1v) is 11.5. The van der Waals surface area contributed by atoms with E-state index in [1.807, 2.05) is 23.1 Å². The molecule has 1 aliphatic carbocycles. The third kappa shape index (κ3) is 5.41. The number of nitrogens with zero attached hydrogens (tertiary/aromatic N) is 1. The van der Waals surface area contributed by atoms with E-state index in [0.717, 1.165) is 31.7 Å². The number of carbonyl (C=O) groups is 2. The van der Waals surface area contributed by atoms with E-state index in [2.05, 4.69) is 22.8 Å². The van der Waals surface area contributed by atoms with Crippen LogP contribution >= 0.6 is 0 Å². The van der Waals surface area contributed by atoms with Crippen LogP contribution < -0.4 is 10.6 Å². The average molecular weight is 478 g/mol. The lowest BCUT2D eigenvalue weighted by Crippen LogP contribution is -2.63. The summed E-state index contributed by atoms with van der Waals surface area (Å²) in [5.74, 6) is -2.11. The van der Waals surface area contributed by atoms with Gasteiger partial charge in [-0.1, -0.05) is 30.3 Å². The highest BCUT2D eigenvalue weighted by molar-refractivity contribution is 5.96. The first-order chi connectivity index (χ1) is 16.2. The smallest absolute Gasteiger partial charge is 0.343 e. The van der Waals surface area contributed by atoms with E-state index < -0.39 is 23.5 Å². The first-order valence-electron chi connectivity index (χ1n) is 11.5. The Bertz CT molecular complexity index is 1020. The predicted octanol–water partition coefficient (Wildman–Crippen LogP) is 4.10.